The molecule has 0 aromatic heterocycles. The van der Waals surface area contributed by atoms with Gasteiger partial charge < -0.3 is 0 Å². The van der Waals surface area contributed by atoms with E-state index < -0.39 is 0 Å². The molecule has 0 heteroatoms. The Kier molecular flexibility index (Phi) is 4.88. The van der Waals surface area contributed by atoms with Gasteiger partial charge in [-0.1, -0.05) is 130 Å². The van der Waals surface area contributed by atoms with Crippen LogP contribution in [0.1, 0.15) is 81.0 Å². The Balaban J connectivity index is 1.65. The highest BCUT2D eigenvalue weighted by molar-refractivity contribution is 5.85. The number of rotatable bonds is 4. The molecule has 0 amide bonds. The molecule has 0 unspecified atom stereocenters. The summed E-state index contributed by atoms with van der Waals surface area (Å²) in [5.74, 6) is 0. The van der Waals surface area contributed by atoms with Gasteiger partial charge >= 0.3 is 0 Å². The summed E-state index contributed by atoms with van der Waals surface area (Å²) < 4.78 is 0. The zero-order chi connectivity index (χ0) is 24.4. The maximum Gasteiger partial charge on any atom is 0.0280 e. The lowest BCUT2D eigenvalue weighted by atomic mass is 9.40. The third-order valence-corrected chi connectivity index (χ3v) is 10.5. The summed E-state index contributed by atoms with van der Waals surface area (Å²) in [7, 11) is 0. The summed E-state index contributed by atoms with van der Waals surface area (Å²) >= 11 is 0. The van der Waals surface area contributed by atoms with Crippen LogP contribution in [0.25, 0.3) is 22.3 Å². The second kappa shape index (κ2) is 7.94. The molecule has 0 heterocycles. The molecule has 36 heavy (non-hydrogen) atoms. The van der Waals surface area contributed by atoms with E-state index in [2.05, 4.69) is 111 Å². The molecule has 0 N–H and O–H groups in total. The van der Waals surface area contributed by atoms with Crippen molar-refractivity contribution >= 4 is 0 Å². The van der Waals surface area contributed by atoms with E-state index >= 15 is 0 Å². The summed E-state index contributed by atoms with van der Waals surface area (Å²) in [5.41, 5.74) is 12.2. The lowest BCUT2D eigenvalue weighted by Crippen LogP contribution is -2.59. The molecule has 1 fully saturated rings. The Labute approximate surface area is 216 Å². The molecule has 4 aromatic rings. The molecule has 0 nitrogen and oxygen atoms in total. The van der Waals surface area contributed by atoms with Gasteiger partial charge in [-0.05, 0) is 75.6 Å². The summed E-state index contributed by atoms with van der Waals surface area (Å²) in [6.07, 6.45) is 8.81. The fourth-order valence-electron chi connectivity index (χ4n) is 9.49. The maximum absolute atomic E-state index is 2.48. The molecule has 0 bridgehead atoms. The van der Waals surface area contributed by atoms with Gasteiger partial charge in [-0.25, -0.2) is 0 Å². The minimum Gasteiger partial charge on any atom is -0.0642 e. The van der Waals surface area contributed by atoms with Crippen LogP contribution in [0.3, 0.4) is 0 Å². The standard InChI is InChI=1S/C36H36/c1-3-35(30-20-10-6-16-26(30)27-17-7-11-21-31(27)35)34(24-14-5-15-25-34)36(4-2)32-22-12-8-18-28(32)29-19-9-13-23-33(29)36/h6-13,16-23H,3-5,14-15,24-25H2,1-2H3. The lowest BCUT2D eigenvalue weighted by Gasteiger charge is -2.62. The zero-order valence-electron chi connectivity index (χ0n) is 21.7. The van der Waals surface area contributed by atoms with Crippen molar-refractivity contribution in [3.05, 3.63) is 119 Å². The minimum absolute atomic E-state index is 0.0127. The van der Waals surface area contributed by atoms with Crippen molar-refractivity contribution in [2.75, 3.05) is 0 Å². The summed E-state index contributed by atoms with van der Waals surface area (Å²) in [6, 6.07) is 37.6. The second-order valence-corrected chi connectivity index (χ2v) is 11.3. The Bertz CT molecular complexity index is 1250. The third kappa shape index (κ3) is 2.41. The lowest BCUT2D eigenvalue weighted by molar-refractivity contribution is 0.00949. The first-order valence-electron chi connectivity index (χ1n) is 14.1. The van der Waals surface area contributed by atoms with Gasteiger partial charge in [0.1, 0.15) is 0 Å². The predicted octanol–water partition coefficient (Wildman–Crippen LogP) is 9.69. The van der Waals surface area contributed by atoms with E-state index in [0.717, 1.165) is 12.8 Å². The topological polar surface area (TPSA) is 0 Å². The molecule has 0 radical (unpaired) electrons. The Morgan fingerprint density at radius 3 is 1.06 bits per heavy atom. The Morgan fingerprint density at radius 1 is 0.444 bits per heavy atom. The average molecular weight is 469 g/mol. The first kappa shape index (κ1) is 22.1. The van der Waals surface area contributed by atoms with E-state index in [1.54, 1.807) is 22.3 Å². The number of hydrogen-bond donors (Lipinski definition) is 0. The van der Waals surface area contributed by atoms with E-state index in [-0.39, 0.29) is 16.2 Å². The molecule has 3 aliphatic carbocycles. The SMILES string of the molecule is CCC1(C2(C3(CC)c4ccccc4-c4ccccc43)CCCCC2)c2ccccc2-c2ccccc21. The van der Waals surface area contributed by atoms with Crippen LogP contribution in [0.5, 0.6) is 0 Å². The predicted molar refractivity (Wildman–Crippen MR) is 151 cm³/mol. The monoisotopic (exact) mass is 468 g/mol. The first-order valence-corrected chi connectivity index (χ1v) is 14.1. The van der Waals surface area contributed by atoms with Crippen molar-refractivity contribution in [1.29, 1.82) is 0 Å². The molecule has 3 aliphatic rings. The van der Waals surface area contributed by atoms with Crippen LogP contribution in [-0.2, 0) is 10.8 Å². The molecule has 180 valence electrons. The molecule has 0 aliphatic heterocycles. The van der Waals surface area contributed by atoms with Crippen molar-refractivity contribution in [2.45, 2.75) is 69.6 Å². The van der Waals surface area contributed by atoms with Crippen molar-refractivity contribution in [2.24, 2.45) is 5.41 Å². The highest BCUT2D eigenvalue weighted by atomic mass is 14.7. The molecular weight excluding hydrogens is 432 g/mol. The normalized spacial score (nSPS) is 19.7. The molecule has 0 saturated heterocycles. The fourth-order valence-corrected chi connectivity index (χ4v) is 9.49. The summed E-state index contributed by atoms with van der Waals surface area (Å²) in [4.78, 5) is 0. The van der Waals surface area contributed by atoms with Crippen LogP contribution >= 0.6 is 0 Å². The second-order valence-electron chi connectivity index (χ2n) is 11.3. The van der Waals surface area contributed by atoms with E-state index in [4.69, 9.17) is 0 Å². The van der Waals surface area contributed by atoms with Crippen molar-refractivity contribution < 1.29 is 0 Å². The summed E-state index contributed by atoms with van der Waals surface area (Å²) in [6.45, 7) is 4.96. The van der Waals surface area contributed by atoms with E-state index in [1.807, 2.05) is 0 Å². The van der Waals surface area contributed by atoms with Crippen LogP contribution in [0.2, 0.25) is 0 Å². The van der Waals surface area contributed by atoms with Gasteiger partial charge in [0.05, 0.1) is 0 Å². The molecule has 1 saturated carbocycles. The van der Waals surface area contributed by atoms with Crippen LogP contribution in [0.15, 0.2) is 97.1 Å². The van der Waals surface area contributed by atoms with Crippen LogP contribution in [0, 0.1) is 5.41 Å². The van der Waals surface area contributed by atoms with Crippen LogP contribution in [-0.4, -0.2) is 0 Å². The van der Waals surface area contributed by atoms with Crippen molar-refractivity contribution in [3.63, 3.8) is 0 Å². The van der Waals surface area contributed by atoms with Crippen molar-refractivity contribution in [3.8, 4) is 22.3 Å². The van der Waals surface area contributed by atoms with Gasteiger partial charge in [-0.2, -0.15) is 0 Å². The summed E-state index contributed by atoms with van der Waals surface area (Å²) in [5, 5.41) is 0. The highest BCUT2D eigenvalue weighted by Crippen LogP contribution is 2.73. The van der Waals surface area contributed by atoms with Crippen LogP contribution < -0.4 is 0 Å². The quantitative estimate of drug-likeness (QED) is 0.280. The molecular formula is C36H36. The number of hydrogen-bond acceptors (Lipinski definition) is 0. The Hall–Kier alpha value is -3.12. The smallest absolute Gasteiger partial charge is 0.0280 e. The minimum atomic E-state index is -0.0127. The molecule has 0 atom stereocenters. The van der Waals surface area contributed by atoms with Gasteiger partial charge in [0.15, 0.2) is 0 Å². The van der Waals surface area contributed by atoms with Gasteiger partial charge in [-0.3, -0.25) is 0 Å². The van der Waals surface area contributed by atoms with E-state index in [1.165, 1.54) is 54.4 Å². The molecule has 7 rings (SSSR count). The van der Waals surface area contributed by atoms with E-state index in [9.17, 15) is 0 Å². The Morgan fingerprint density at radius 2 is 0.750 bits per heavy atom. The fraction of sp³-hybridized carbons (Fsp3) is 0.333. The van der Waals surface area contributed by atoms with Gasteiger partial charge in [0.2, 0.25) is 0 Å². The first-order chi connectivity index (χ1) is 17.7. The zero-order valence-corrected chi connectivity index (χ0v) is 21.7. The van der Waals surface area contributed by atoms with Gasteiger partial charge in [-0.15, -0.1) is 0 Å². The molecule has 0 spiro atoms. The average Bonchev–Trinajstić information content (AvgIpc) is 3.42. The largest absolute Gasteiger partial charge is 0.0642 e. The third-order valence-electron chi connectivity index (χ3n) is 10.5. The number of benzene rings is 4. The molecule has 4 aromatic carbocycles. The van der Waals surface area contributed by atoms with Crippen molar-refractivity contribution in [1.82, 2.24) is 0 Å². The number of fused-ring (bicyclic) bond motifs is 6. The maximum atomic E-state index is 2.48. The van der Waals surface area contributed by atoms with E-state index in [0.29, 0.717) is 0 Å². The van der Waals surface area contributed by atoms with Gasteiger partial charge in [0, 0.05) is 10.8 Å². The van der Waals surface area contributed by atoms with Gasteiger partial charge in [0.25, 0.3) is 0 Å². The van der Waals surface area contributed by atoms with Crippen LogP contribution in [0.4, 0.5) is 0 Å². The highest BCUT2D eigenvalue weighted by Gasteiger charge is 2.67.